The topological polar surface area (TPSA) is 58.6 Å². The molecule has 1 unspecified atom stereocenters. The molecule has 0 aromatic heterocycles. The first kappa shape index (κ1) is 23.9. The second-order valence-corrected chi connectivity index (χ2v) is 11.6. The van der Waals surface area contributed by atoms with Gasteiger partial charge in [-0.25, -0.2) is 4.79 Å². The SMILES string of the molecule is CC(=O)NC(C)(C)C1(C)CC2(CCN(C(=O)OC(C)(C)C)CC2)c2cc(C)c(Cl)cc21. The third-order valence-electron chi connectivity index (χ3n) is 7.40. The summed E-state index contributed by atoms with van der Waals surface area (Å²) in [6.45, 7) is 17.0. The number of likely N-dealkylation sites (tertiary alicyclic amines) is 1. The Balaban J connectivity index is 1.97. The zero-order valence-electron chi connectivity index (χ0n) is 20.2. The second kappa shape index (κ2) is 7.68. The molecular formula is C25H37ClN2O3. The highest BCUT2D eigenvalue weighted by atomic mass is 35.5. The number of carbonyl (C=O) groups is 2. The van der Waals surface area contributed by atoms with Crippen LogP contribution in [0.5, 0.6) is 0 Å². The molecule has 2 amide bonds. The van der Waals surface area contributed by atoms with E-state index < -0.39 is 11.1 Å². The molecule has 0 saturated carbocycles. The number of aryl methyl sites for hydroxylation is 1. The Morgan fingerprint density at radius 2 is 1.68 bits per heavy atom. The highest BCUT2D eigenvalue weighted by molar-refractivity contribution is 6.31. The lowest BCUT2D eigenvalue weighted by atomic mass is 9.65. The van der Waals surface area contributed by atoms with Crippen LogP contribution < -0.4 is 5.32 Å². The van der Waals surface area contributed by atoms with Crippen molar-refractivity contribution in [2.24, 2.45) is 0 Å². The number of hydrogen-bond donors (Lipinski definition) is 1. The summed E-state index contributed by atoms with van der Waals surface area (Å²) in [6, 6.07) is 4.33. The van der Waals surface area contributed by atoms with Crippen molar-refractivity contribution in [3.8, 4) is 0 Å². The van der Waals surface area contributed by atoms with E-state index in [2.05, 4.69) is 38.2 Å². The van der Waals surface area contributed by atoms with Crippen molar-refractivity contribution in [3.63, 3.8) is 0 Å². The van der Waals surface area contributed by atoms with Gasteiger partial charge in [-0.05, 0) is 89.0 Å². The summed E-state index contributed by atoms with van der Waals surface area (Å²) in [6.07, 6.45) is 2.40. The Labute approximate surface area is 191 Å². The Hall–Kier alpha value is -1.75. The Morgan fingerprint density at radius 3 is 2.19 bits per heavy atom. The monoisotopic (exact) mass is 448 g/mol. The molecule has 31 heavy (non-hydrogen) atoms. The minimum Gasteiger partial charge on any atom is -0.444 e. The summed E-state index contributed by atoms with van der Waals surface area (Å²) < 4.78 is 5.59. The van der Waals surface area contributed by atoms with E-state index in [0.717, 1.165) is 29.8 Å². The lowest BCUT2D eigenvalue weighted by molar-refractivity contribution is -0.121. The molecule has 1 aliphatic heterocycles. The van der Waals surface area contributed by atoms with Crippen LogP contribution >= 0.6 is 11.6 Å². The molecule has 2 aliphatic rings. The van der Waals surface area contributed by atoms with E-state index in [0.29, 0.717) is 13.1 Å². The molecule has 0 radical (unpaired) electrons. The maximum Gasteiger partial charge on any atom is 0.410 e. The number of fused-ring (bicyclic) bond motifs is 2. The normalized spacial score (nSPS) is 22.9. The van der Waals surface area contributed by atoms with E-state index in [1.54, 1.807) is 6.92 Å². The maximum atomic E-state index is 12.6. The number of carbonyl (C=O) groups excluding carboxylic acids is 2. The predicted molar refractivity (Wildman–Crippen MR) is 125 cm³/mol. The van der Waals surface area contributed by atoms with Gasteiger partial charge in [-0.15, -0.1) is 0 Å². The minimum atomic E-state index is -0.499. The molecule has 0 bridgehead atoms. The molecule has 1 atom stereocenters. The lowest BCUT2D eigenvalue weighted by Gasteiger charge is -2.46. The molecular weight excluding hydrogens is 412 g/mol. The largest absolute Gasteiger partial charge is 0.444 e. The Kier molecular flexibility index (Phi) is 5.92. The Morgan fingerprint density at radius 1 is 1.10 bits per heavy atom. The fraction of sp³-hybridized carbons (Fsp3) is 0.680. The predicted octanol–water partition coefficient (Wildman–Crippen LogP) is 5.49. The average Bonchev–Trinajstić information content (AvgIpc) is 2.83. The van der Waals surface area contributed by atoms with Crippen LogP contribution in [0.4, 0.5) is 4.79 Å². The van der Waals surface area contributed by atoms with E-state index in [9.17, 15) is 9.59 Å². The fourth-order valence-electron chi connectivity index (χ4n) is 5.47. The summed E-state index contributed by atoms with van der Waals surface area (Å²) >= 11 is 6.57. The van der Waals surface area contributed by atoms with Crippen LogP contribution in [0.1, 0.15) is 84.4 Å². The molecule has 1 saturated heterocycles. The zero-order valence-corrected chi connectivity index (χ0v) is 21.0. The number of nitrogens with zero attached hydrogens (tertiary/aromatic N) is 1. The first-order chi connectivity index (χ1) is 14.1. The van der Waals surface area contributed by atoms with Gasteiger partial charge >= 0.3 is 6.09 Å². The summed E-state index contributed by atoms with van der Waals surface area (Å²) in [5, 5.41) is 3.94. The fourth-order valence-corrected chi connectivity index (χ4v) is 5.63. The van der Waals surface area contributed by atoms with E-state index in [4.69, 9.17) is 16.3 Å². The van der Waals surface area contributed by atoms with Crippen molar-refractivity contribution in [1.29, 1.82) is 0 Å². The van der Waals surface area contributed by atoms with Crippen LogP contribution in [-0.4, -0.2) is 41.1 Å². The van der Waals surface area contributed by atoms with E-state index in [-0.39, 0.29) is 22.8 Å². The molecule has 1 heterocycles. The molecule has 6 heteroatoms. The number of rotatable bonds is 2. The number of halogens is 1. The molecule has 5 nitrogen and oxygen atoms in total. The molecule has 1 fully saturated rings. The van der Waals surface area contributed by atoms with Gasteiger partial charge in [-0.3, -0.25) is 4.79 Å². The molecule has 172 valence electrons. The van der Waals surface area contributed by atoms with E-state index in [1.165, 1.54) is 11.1 Å². The number of benzene rings is 1. The van der Waals surface area contributed by atoms with Crippen molar-refractivity contribution < 1.29 is 14.3 Å². The van der Waals surface area contributed by atoms with Gasteiger partial charge in [0.05, 0.1) is 0 Å². The van der Waals surface area contributed by atoms with E-state index >= 15 is 0 Å². The summed E-state index contributed by atoms with van der Waals surface area (Å²) in [4.78, 5) is 26.4. The van der Waals surface area contributed by atoms with Crippen LogP contribution in [0.3, 0.4) is 0 Å². The molecule has 1 spiro atoms. The molecule has 1 aromatic carbocycles. The van der Waals surface area contributed by atoms with Crippen LogP contribution in [0.2, 0.25) is 5.02 Å². The molecule has 1 aromatic rings. The number of amides is 2. The van der Waals surface area contributed by atoms with E-state index in [1.807, 2.05) is 32.6 Å². The lowest BCUT2D eigenvalue weighted by Crippen LogP contribution is -2.57. The van der Waals surface area contributed by atoms with Crippen molar-refractivity contribution in [3.05, 3.63) is 33.8 Å². The number of hydrogen-bond acceptors (Lipinski definition) is 3. The molecule has 1 aliphatic carbocycles. The second-order valence-electron chi connectivity index (χ2n) is 11.2. The zero-order chi connectivity index (χ0) is 23.4. The van der Waals surface area contributed by atoms with Gasteiger partial charge in [-0.1, -0.05) is 24.6 Å². The van der Waals surface area contributed by atoms with Crippen LogP contribution in [-0.2, 0) is 20.4 Å². The molecule has 3 rings (SSSR count). The highest BCUT2D eigenvalue weighted by Gasteiger charge is 2.57. The van der Waals surface area contributed by atoms with Crippen LogP contribution in [0, 0.1) is 6.92 Å². The van der Waals surface area contributed by atoms with Gasteiger partial charge in [0.25, 0.3) is 0 Å². The van der Waals surface area contributed by atoms with Gasteiger partial charge in [0.1, 0.15) is 5.60 Å². The minimum absolute atomic E-state index is 0.0355. The highest BCUT2D eigenvalue weighted by Crippen LogP contribution is 2.58. The number of ether oxygens (including phenoxy) is 1. The first-order valence-electron chi connectivity index (χ1n) is 11.2. The molecule has 1 N–H and O–H groups in total. The van der Waals surface area contributed by atoms with Gasteiger partial charge in [0.15, 0.2) is 0 Å². The third-order valence-corrected chi connectivity index (χ3v) is 7.80. The van der Waals surface area contributed by atoms with Crippen molar-refractivity contribution in [1.82, 2.24) is 10.2 Å². The Bertz CT molecular complexity index is 895. The van der Waals surface area contributed by atoms with Crippen LogP contribution in [0.15, 0.2) is 12.1 Å². The van der Waals surface area contributed by atoms with Gasteiger partial charge < -0.3 is 15.0 Å². The summed E-state index contributed by atoms with van der Waals surface area (Å²) in [5.41, 5.74) is 2.33. The van der Waals surface area contributed by atoms with Gasteiger partial charge in [0, 0.05) is 36.0 Å². The standard InChI is InChI=1S/C25H37ClN2O3/c1-16-13-19-18(14-20(16)26)24(8,23(6,7)27-17(2)29)15-25(19)9-11-28(12-10-25)21(30)31-22(3,4)5/h13-14H,9-12,15H2,1-8H3,(H,27,29). The van der Waals surface area contributed by atoms with Gasteiger partial charge in [-0.2, -0.15) is 0 Å². The third kappa shape index (κ3) is 4.30. The smallest absolute Gasteiger partial charge is 0.410 e. The summed E-state index contributed by atoms with van der Waals surface area (Å²) in [7, 11) is 0. The van der Waals surface area contributed by atoms with Crippen molar-refractivity contribution >= 4 is 23.6 Å². The average molecular weight is 449 g/mol. The van der Waals surface area contributed by atoms with Crippen molar-refractivity contribution in [2.75, 3.05) is 13.1 Å². The van der Waals surface area contributed by atoms with Gasteiger partial charge in [0.2, 0.25) is 5.91 Å². The maximum absolute atomic E-state index is 12.6. The number of piperidine rings is 1. The summed E-state index contributed by atoms with van der Waals surface area (Å²) in [5.74, 6) is -0.0355. The quantitative estimate of drug-likeness (QED) is 0.650. The first-order valence-corrected chi connectivity index (χ1v) is 11.6. The van der Waals surface area contributed by atoms with Crippen LogP contribution in [0.25, 0.3) is 0 Å². The number of nitrogens with one attached hydrogen (secondary N) is 1. The van der Waals surface area contributed by atoms with Crippen molar-refractivity contribution in [2.45, 2.75) is 96.6 Å².